The highest BCUT2D eigenvalue weighted by Gasteiger charge is 2.05. The van der Waals surface area contributed by atoms with Gasteiger partial charge in [-0.1, -0.05) is 17.7 Å². The molecule has 0 aliphatic carbocycles. The molecule has 3 aromatic rings. The van der Waals surface area contributed by atoms with E-state index in [1.54, 1.807) is 6.07 Å². The van der Waals surface area contributed by atoms with E-state index >= 15 is 0 Å². The molecule has 0 bridgehead atoms. The zero-order chi connectivity index (χ0) is 10.4. The summed E-state index contributed by atoms with van der Waals surface area (Å²) in [6.07, 6.45) is 0. The Morgan fingerprint density at radius 3 is 3.00 bits per heavy atom. The molecule has 0 amide bonds. The quantitative estimate of drug-likeness (QED) is 0.609. The lowest BCUT2D eigenvalue weighted by atomic mass is 10.2. The first-order valence-corrected chi connectivity index (χ1v) is 4.82. The van der Waals surface area contributed by atoms with Gasteiger partial charge in [-0.05, 0) is 18.2 Å². The first-order chi connectivity index (χ1) is 7.24. The number of H-pyrrole nitrogens is 1. The molecule has 0 aliphatic rings. The van der Waals surface area contributed by atoms with Crippen LogP contribution in [0.3, 0.4) is 0 Å². The maximum absolute atomic E-state index is 5.88. The summed E-state index contributed by atoms with van der Waals surface area (Å²) in [4.78, 5) is 4.35. The summed E-state index contributed by atoms with van der Waals surface area (Å²) in [6, 6.07) is 7.50. The van der Waals surface area contributed by atoms with Crippen LogP contribution in [0.5, 0.6) is 0 Å². The second-order valence-electron chi connectivity index (χ2n) is 3.33. The highest BCUT2D eigenvalue weighted by Crippen LogP contribution is 2.23. The van der Waals surface area contributed by atoms with Gasteiger partial charge in [0.2, 0.25) is 0 Å². The number of halogens is 1. The average Bonchev–Trinajstić information content (AvgIpc) is 2.57. The number of nitrogens with two attached hydrogens (primary N) is 1. The number of nitrogen functional groups attached to an aromatic ring is 1. The molecule has 0 fully saturated rings. The summed E-state index contributed by atoms with van der Waals surface area (Å²) in [5.74, 6) is 0.536. The predicted octanol–water partition coefficient (Wildman–Crippen LogP) is 2.35. The molecule has 1 aromatic carbocycles. The van der Waals surface area contributed by atoms with Gasteiger partial charge in [0.1, 0.15) is 5.82 Å². The number of hydrogen-bond donors (Lipinski definition) is 2. The van der Waals surface area contributed by atoms with E-state index in [9.17, 15) is 0 Å². The fourth-order valence-electron chi connectivity index (χ4n) is 1.59. The first kappa shape index (κ1) is 8.49. The maximum Gasteiger partial charge on any atom is 0.183 e. The van der Waals surface area contributed by atoms with Crippen LogP contribution in [0.25, 0.3) is 21.9 Å². The standard InChI is InChI=1S/C10H7ClN4/c11-6-2-1-5-3-7-9(12)14-15-10(7)13-8(5)4-6/h1-4H,(H3,12,13,14,15). The van der Waals surface area contributed by atoms with E-state index < -0.39 is 0 Å². The second-order valence-corrected chi connectivity index (χ2v) is 3.77. The number of nitrogens with zero attached hydrogens (tertiary/aromatic N) is 2. The van der Waals surface area contributed by atoms with Gasteiger partial charge in [0.25, 0.3) is 0 Å². The van der Waals surface area contributed by atoms with Crippen LogP contribution >= 0.6 is 11.6 Å². The molecule has 2 aromatic heterocycles. The topological polar surface area (TPSA) is 67.6 Å². The summed E-state index contributed by atoms with van der Waals surface area (Å²) in [5.41, 5.74) is 7.15. The van der Waals surface area contributed by atoms with Crippen LogP contribution in [0.4, 0.5) is 5.82 Å². The van der Waals surface area contributed by atoms with Crippen molar-refractivity contribution in [1.82, 2.24) is 15.2 Å². The average molecular weight is 219 g/mol. The predicted molar refractivity (Wildman–Crippen MR) is 60.8 cm³/mol. The number of aromatic amines is 1. The number of aromatic nitrogens is 3. The Hall–Kier alpha value is -1.81. The van der Waals surface area contributed by atoms with Crippen LogP contribution < -0.4 is 5.73 Å². The Morgan fingerprint density at radius 2 is 2.13 bits per heavy atom. The summed E-state index contributed by atoms with van der Waals surface area (Å²) in [7, 11) is 0. The molecular formula is C10H7ClN4. The normalized spacial score (nSPS) is 11.3. The summed E-state index contributed by atoms with van der Waals surface area (Å²) in [6.45, 7) is 0. The molecule has 15 heavy (non-hydrogen) atoms. The van der Waals surface area contributed by atoms with Gasteiger partial charge < -0.3 is 5.73 Å². The van der Waals surface area contributed by atoms with Gasteiger partial charge in [-0.2, -0.15) is 5.10 Å². The van der Waals surface area contributed by atoms with Gasteiger partial charge in [-0.25, -0.2) is 4.98 Å². The van der Waals surface area contributed by atoms with Crippen LogP contribution in [0.15, 0.2) is 24.3 Å². The lowest BCUT2D eigenvalue weighted by molar-refractivity contribution is 1.11. The van der Waals surface area contributed by atoms with Crippen molar-refractivity contribution in [2.45, 2.75) is 0 Å². The molecule has 2 heterocycles. The number of fused-ring (bicyclic) bond motifs is 2. The molecule has 0 spiro atoms. The minimum Gasteiger partial charge on any atom is -0.384 e. The molecule has 3 rings (SSSR count). The van der Waals surface area contributed by atoms with Crippen LogP contribution in [0.2, 0.25) is 5.02 Å². The van der Waals surface area contributed by atoms with E-state index in [0.29, 0.717) is 16.5 Å². The van der Waals surface area contributed by atoms with Crippen molar-refractivity contribution in [3.05, 3.63) is 29.3 Å². The van der Waals surface area contributed by atoms with Crippen molar-refractivity contribution in [3.8, 4) is 0 Å². The third-order valence-electron chi connectivity index (χ3n) is 2.33. The maximum atomic E-state index is 5.88. The van der Waals surface area contributed by atoms with Crippen LogP contribution in [-0.4, -0.2) is 15.2 Å². The number of anilines is 1. The second kappa shape index (κ2) is 2.84. The number of nitrogens with one attached hydrogen (secondary N) is 1. The van der Waals surface area contributed by atoms with Crippen molar-refractivity contribution < 1.29 is 0 Å². The lowest BCUT2D eigenvalue weighted by Crippen LogP contribution is -1.84. The number of rotatable bonds is 0. The highest BCUT2D eigenvalue weighted by molar-refractivity contribution is 6.31. The van der Waals surface area contributed by atoms with Crippen molar-refractivity contribution >= 4 is 39.4 Å². The zero-order valence-electron chi connectivity index (χ0n) is 7.66. The van der Waals surface area contributed by atoms with Gasteiger partial charge in [0.05, 0.1) is 10.9 Å². The summed E-state index contributed by atoms with van der Waals surface area (Å²) >= 11 is 5.88. The molecule has 74 valence electrons. The third kappa shape index (κ3) is 1.22. The monoisotopic (exact) mass is 218 g/mol. The highest BCUT2D eigenvalue weighted by atomic mass is 35.5. The Bertz CT molecular complexity index is 659. The number of hydrogen-bond acceptors (Lipinski definition) is 3. The van der Waals surface area contributed by atoms with E-state index in [-0.39, 0.29) is 0 Å². The number of pyridine rings is 1. The molecule has 3 N–H and O–H groups in total. The largest absolute Gasteiger partial charge is 0.384 e. The first-order valence-electron chi connectivity index (χ1n) is 4.44. The SMILES string of the molecule is Nc1[nH]nc2nc3cc(Cl)ccc3cc12. The summed E-state index contributed by atoms with van der Waals surface area (Å²) < 4.78 is 0. The van der Waals surface area contributed by atoms with Crippen LogP contribution in [0, 0.1) is 0 Å². The smallest absolute Gasteiger partial charge is 0.183 e. The fourth-order valence-corrected chi connectivity index (χ4v) is 1.75. The van der Waals surface area contributed by atoms with Gasteiger partial charge in [-0.15, -0.1) is 0 Å². The minimum absolute atomic E-state index is 0.536. The van der Waals surface area contributed by atoms with Gasteiger partial charge in [0, 0.05) is 10.4 Å². The molecular weight excluding hydrogens is 212 g/mol. The molecule has 0 unspecified atom stereocenters. The van der Waals surface area contributed by atoms with Gasteiger partial charge in [0.15, 0.2) is 5.65 Å². The molecule has 0 atom stereocenters. The number of benzene rings is 1. The molecule has 5 heteroatoms. The minimum atomic E-state index is 0.536. The Labute approximate surface area is 90.1 Å². The van der Waals surface area contributed by atoms with Crippen molar-refractivity contribution in [2.75, 3.05) is 5.73 Å². The van der Waals surface area contributed by atoms with Gasteiger partial charge >= 0.3 is 0 Å². The van der Waals surface area contributed by atoms with E-state index in [4.69, 9.17) is 17.3 Å². The lowest BCUT2D eigenvalue weighted by Gasteiger charge is -1.97. The Kier molecular flexibility index (Phi) is 1.61. The Balaban J connectivity index is 2.49. The third-order valence-corrected chi connectivity index (χ3v) is 2.57. The molecule has 0 saturated carbocycles. The van der Waals surface area contributed by atoms with Crippen molar-refractivity contribution in [1.29, 1.82) is 0 Å². The van der Waals surface area contributed by atoms with Gasteiger partial charge in [-0.3, -0.25) is 5.10 Å². The van der Waals surface area contributed by atoms with Crippen molar-refractivity contribution in [3.63, 3.8) is 0 Å². The molecule has 0 radical (unpaired) electrons. The van der Waals surface area contributed by atoms with E-state index in [0.717, 1.165) is 16.3 Å². The molecule has 0 aliphatic heterocycles. The fraction of sp³-hybridized carbons (Fsp3) is 0. The van der Waals surface area contributed by atoms with Crippen LogP contribution in [0.1, 0.15) is 0 Å². The molecule has 4 nitrogen and oxygen atoms in total. The van der Waals surface area contributed by atoms with E-state index in [1.807, 2.05) is 18.2 Å². The zero-order valence-corrected chi connectivity index (χ0v) is 8.42. The van der Waals surface area contributed by atoms with Crippen molar-refractivity contribution in [2.24, 2.45) is 0 Å². The molecule has 0 saturated heterocycles. The van der Waals surface area contributed by atoms with E-state index in [2.05, 4.69) is 15.2 Å². The van der Waals surface area contributed by atoms with E-state index in [1.165, 1.54) is 0 Å². The Morgan fingerprint density at radius 1 is 1.27 bits per heavy atom. The summed E-state index contributed by atoms with van der Waals surface area (Å²) in [5, 5.41) is 9.19. The van der Waals surface area contributed by atoms with Crippen LogP contribution in [-0.2, 0) is 0 Å².